The fraction of sp³-hybridized carbons (Fsp3) is 0. The number of benzene rings is 4. The van der Waals surface area contributed by atoms with Crippen LogP contribution in [0.25, 0.3) is 33.8 Å². The van der Waals surface area contributed by atoms with Crippen LogP contribution in [0.3, 0.4) is 0 Å². The molecule has 0 aliphatic carbocycles. The Kier molecular flexibility index (Phi) is 5.92. The first-order valence-corrected chi connectivity index (χ1v) is 11.0. The predicted molar refractivity (Wildman–Crippen MR) is 135 cm³/mol. The average Bonchev–Trinajstić information content (AvgIpc) is 3.32. The summed E-state index contributed by atoms with van der Waals surface area (Å²) in [6.45, 7) is 0. The van der Waals surface area contributed by atoms with Crippen molar-refractivity contribution in [3.8, 4) is 16.9 Å². The van der Waals surface area contributed by atoms with Gasteiger partial charge in [0.15, 0.2) is 0 Å². The van der Waals surface area contributed by atoms with Crippen molar-refractivity contribution < 1.29 is 14.7 Å². The number of fused-ring (bicyclic) bond motifs is 1. The minimum Gasteiger partial charge on any atom is -0.545 e. The Hall–Kier alpha value is -4.97. The molecule has 1 heterocycles. The molecule has 6 heteroatoms. The van der Waals surface area contributed by atoms with Gasteiger partial charge in [0.1, 0.15) is 0 Å². The summed E-state index contributed by atoms with van der Waals surface area (Å²) in [4.78, 5) is 23.5. The number of aromatic nitrogens is 2. The molecule has 1 aromatic heterocycles. The Balaban J connectivity index is 1.46. The predicted octanol–water partition coefficient (Wildman–Crippen LogP) is 4.71. The number of carboxylic acids is 1. The fourth-order valence-corrected chi connectivity index (χ4v) is 3.82. The molecule has 6 nitrogen and oxygen atoms in total. The second-order valence-electron chi connectivity index (χ2n) is 7.96. The Bertz CT molecular complexity index is 1550. The maximum Gasteiger partial charge on any atom is 0.248 e. The van der Waals surface area contributed by atoms with Gasteiger partial charge in [-0.3, -0.25) is 4.79 Å². The van der Waals surface area contributed by atoms with E-state index in [1.165, 1.54) is 30.3 Å². The normalized spacial score (nSPS) is 11.1. The van der Waals surface area contributed by atoms with Gasteiger partial charge in [-0.2, -0.15) is 5.10 Å². The van der Waals surface area contributed by atoms with Crippen LogP contribution < -0.4 is 10.4 Å². The van der Waals surface area contributed by atoms with Gasteiger partial charge in [0, 0.05) is 29.1 Å². The summed E-state index contributed by atoms with van der Waals surface area (Å²) < 4.78 is 1.79. The number of hydrogen-bond donors (Lipinski definition) is 1. The van der Waals surface area contributed by atoms with Crippen molar-refractivity contribution >= 4 is 34.4 Å². The molecule has 0 spiro atoms. The molecule has 35 heavy (non-hydrogen) atoms. The third kappa shape index (κ3) is 4.86. The highest BCUT2D eigenvalue weighted by molar-refractivity contribution is 6.02. The van der Waals surface area contributed by atoms with Crippen LogP contribution in [0.2, 0.25) is 0 Å². The van der Waals surface area contributed by atoms with E-state index < -0.39 is 5.97 Å². The van der Waals surface area contributed by atoms with E-state index in [-0.39, 0.29) is 11.5 Å². The Morgan fingerprint density at radius 3 is 2.29 bits per heavy atom. The highest BCUT2D eigenvalue weighted by atomic mass is 16.4. The van der Waals surface area contributed by atoms with Crippen molar-refractivity contribution in [2.24, 2.45) is 0 Å². The van der Waals surface area contributed by atoms with Gasteiger partial charge in [-0.25, -0.2) is 4.68 Å². The summed E-state index contributed by atoms with van der Waals surface area (Å²) in [5, 5.41) is 20.7. The highest BCUT2D eigenvalue weighted by Gasteiger charge is 2.12. The topological polar surface area (TPSA) is 87.0 Å². The second-order valence-corrected chi connectivity index (χ2v) is 7.96. The van der Waals surface area contributed by atoms with Crippen LogP contribution in [0, 0.1) is 0 Å². The van der Waals surface area contributed by atoms with Crippen LogP contribution in [-0.4, -0.2) is 21.7 Å². The summed E-state index contributed by atoms with van der Waals surface area (Å²) >= 11 is 0. The highest BCUT2D eigenvalue weighted by Crippen LogP contribution is 2.28. The quantitative estimate of drug-likeness (QED) is 0.374. The molecule has 5 rings (SSSR count). The van der Waals surface area contributed by atoms with Crippen molar-refractivity contribution in [1.82, 2.24) is 9.78 Å². The number of carbonyl (C=O) groups is 2. The van der Waals surface area contributed by atoms with Crippen molar-refractivity contribution in [3.05, 3.63) is 120 Å². The fourth-order valence-electron chi connectivity index (χ4n) is 3.82. The number of carbonyl (C=O) groups excluding carboxylic acids is 2. The molecule has 0 unspecified atom stereocenters. The molecular formula is C29H20N3O3-. The van der Waals surface area contributed by atoms with Crippen LogP contribution >= 0.6 is 0 Å². The van der Waals surface area contributed by atoms with E-state index in [4.69, 9.17) is 5.10 Å². The van der Waals surface area contributed by atoms with E-state index >= 15 is 0 Å². The largest absolute Gasteiger partial charge is 0.545 e. The maximum atomic E-state index is 12.6. The number of nitrogens with zero attached hydrogens (tertiary/aromatic N) is 2. The van der Waals surface area contributed by atoms with Gasteiger partial charge in [0.05, 0.1) is 17.4 Å². The van der Waals surface area contributed by atoms with Crippen LogP contribution in [0.4, 0.5) is 5.69 Å². The SMILES string of the molecule is O=C(/C=C/c1cn(-c2ccccc2)nc1-c1ccc2ccccc2c1)Nc1ccc(C(=O)[O-])cc1. The molecule has 0 aliphatic heterocycles. The molecule has 1 N–H and O–H groups in total. The number of rotatable bonds is 6. The molecule has 0 fully saturated rings. The molecule has 4 aromatic carbocycles. The average molecular weight is 458 g/mol. The second kappa shape index (κ2) is 9.49. The zero-order valence-corrected chi connectivity index (χ0v) is 18.6. The minimum absolute atomic E-state index is 0.0481. The lowest BCUT2D eigenvalue weighted by Gasteiger charge is -2.05. The number of nitrogens with one attached hydrogen (secondary N) is 1. The Morgan fingerprint density at radius 2 is 1.54 bits per heavy atom. The first-order valence-electron chi connectivity index (χ1n) is 11.0. The summed E-state index contributed by atoms with van der Waals surface area (Å²) in [6, 6.07) is 29.9. The zero-order valence-electron chi connectivity index (χ0n) is 18.6. The van der Waals surface area contributed by atoms with Crippen LogP contribution in [0.15, 0.2) is 109 Å². The number of carboxylic acid groups (broad SMARTS) is 1. The zero-order chi connectivity index (χ0) is 24.2. The number of aromatic carboxylic acids is 1. The molecule has 1 amide bonds. The summed E-state index contributed by atoms with van der Waals surface area (Å²) in [5.41, 5.74) is 3.92. The number of hydrogen-bond acceptors (Lipinski definition) is 4. The molecule has 0 aliphatic rings. The van der Waals surface area contributed by atoms with Gasteiger partial charge in [0.25, 0.3) is 0 Å². The lowest BCUT2D eigenvalue weighted by molar-refractivity contribution is -0.255. The molecule has 0 atom stereocenters. The van der Waals surface area contributed by atoms with Gasteiger partial charge in [-0.05, 0) is 52.7 Å². The maximum absolute atomic E-state index is 12.6. The van der Waals surface area contributed by atoms with Gasteiger partial charge >= 0.3 is 0 Å². The lowest BCUT2D eigenvalue weighted by Crippen LogP contribution is -2.22. The summed E-state index contributed by atoms with van der Waals surface area (Å²) in [6.07, 6.45) is 5.05. The van der Waals surface area contributed by atoms with Gasteiger partial charge in [-0.1, -0.05) is 66.7 Å². The summed E-state index contributed by atoms with van der Waals surface area (Å²) in [7, 11) is 0. The Morgan fingerprint density at radius 1 is 0.829 bits per heavy atom. The standard InChI is InChI=1S/C29H21N3O3/c33-27(30-25-15-12-21(13-16-25)29(34)35)17-14-24-19-32(26-8-2-1-3-9-26)31-28(24)23-11-10-20-6-4-5-7-22(20)18-23/h1-19H,(H,30,33)(H,34,35)/p-1/b17-14+. The first kappa shape index (κ1) is 21.9. The summed E-state index contributed by atoms with van der Waals surface area (Å²) in [5.74, 6) is -1.61. The van der Waals surface area contributed by atoms with Crippen molar-refractivity contribution in [1.29, 1.82) is 0 Å². The third-order valence-corrected chi connectivity index (χ3v) is 5.59. The van der Waals surface area contributed by atoms with E-state index in [1.807, 2.05) is 54.7 Å². The molecule has 0 saturated carbocycles. The number of anilines is 1. The monoisotopic (exact) mass is 458 g/mol. The van der Waals surface area contributed by atoms with E-state index in [0.717, 1.165) is 33.3 Å². The molecule has 170 valence electrons. The van der Waals surface area contributed by atoms with Gasteiger partial charge in [-0.15, -0.1) is 0 Å². The van der Waals surface area contributed by atoms with E-state index in [9.17, 15) is 14.7 Å². The molecule has 0 radical (unpaired) electrons. The third-order valence-electron chi connectivity index (χ3n) is 5.59. The number of amides is 1. The molecular weight excluding hydrogens is 438 g/mol. The van der Waals surface area contributed by atoms with Crippen molar-refractivity contribution in [2.75, 3.05) is 5.32 Å². The van der Waals surface area contributed by atoms with Crippen LogP contribution in [-0.2, 0) is 4.79 Å². The van der Waals surface area contributed by atoms with E-state index in [0.29, 0.717) is 5.69 Å². The van der Waals surface area contributed by atoms with Crippen molar-refractivity contribution in [3.63, 3.8) is 0 Å². The van der Waals surface area contributed by atoms with E-state index in [2.05, 4.69) is 29.6 Å². The molecule has 0 bridgehead atoms. The number of para-hydroxylation sites is 1. The van der Waals surface area contributed by atoms with Crippen molar-refractivity contribution in [2.45, 2.75) is 0 Å². The smallest absolute Gasteiger partial charge is 0.248 e. The van der Waals surface area contributed by atoms with Crippen LogP contribution in [0.5, 0.6) is 0 Å². The molecule has 0 saturated heterocycles. The van der Waals surface area contributed by atoms with E-state index in [1.54, 1.807) is 10.8 Å². The lowest BCUT2D eigenvalue weighted by atomic mass is 10.0. The van der Waals surface area contributed by atoms with Gasteiger partial charge in [0.2, 0.25) is 5.91 Å². The minimum atomic E-state index is -1.26. The molecule has 5 aromatic rings. The van der Waals surface area contributed by atoms with Crippen LogP contribution in [0.1, 0.15) is 15.9 Å². The Labute approximate surface area is 201 Å². The first-order chi connectivity index (χ1) is 17.1. The van der Waals surface area contributed by atoms with Gasteiger partial charge < -0.3 is 15.2 Å².